The van der Waals surface area contributed by atoms with Crippen LogP contribution in [0.3, 0.4) is 0 Å². The molecule has 0 spiro atoms. The second-order valence-corrected chi connectivity index (χ2v) is 6.01. The van der Waals surface area contributed by atoms with Crippen molar-refractivity contribution in [3.63, 3.8) is 0 Å². The predicted molar refractivity (Wildman–Crippen MR) is 88.0 cm³/mol. The van der Waals surface area contributed by atoms with Gasteiger partial charge in [0.1, 0.15) is 16.9 Å². The molecule has 2 aromatic rings. The lowest BCUT2D eigenvalue weighted by atomic mass is 10.1. The maximum absolute atomic E-state index is 12.4. The van der Waals surface area contributed by atoms with Gasteiger partial charge in [0.15, 0.2) is 0 Å². The number of hydrogen-bond donors (Lipinski definition) is 1. The van der Waals surface area contributed by atoms with E-state index in [1.807, 2.05) is 0 Å². The second kappa shape index (κ2) is 6.86. The summed E-state index contributed by atoms with van der Waals surface area (Å²) in [5.74, 6) is 0.264. The van der Waals surface area contributed by atoms with Gasteiger partial charge in [0.05, 0.1) is 7.11 Å². The molecule has 1 heterocycles. The first-order valence-electron chi connectivity index (χ1n) is 8.10. The normalized spacial score (nSPS) is 16.0. The molecule has 0 radical (unpaired) electrons. The van der Waals surface area contributed by atoms with Gasteiger partial charge in [-0.15, -0.1) is 0 Å². The number of rotatable bonds is 3. The van der Waals surface area contributed by atoms with Crippen molar-refractivity contribution in [1.82, 2.24) is 5.32 Å². The summed E-state index contributed by atoms with van der Waals surface area (Å²) in [4.78, 5) is 24.5. The fourth-order valence-electron chi connectivity index (χ4n) is 3.06. The lowest BCUT2D eigenvalue weighted by Gasteiger charge is -2.15. The molecular formula is C18H21NO4. The highest BCUT2D eigenvalue weighted by atomic mass is 16.5. The Morgan fingerprint density at radius 2 is 1.91 bits per heavy atom. The Hall–Kier alpha value is -2.30. The first-order valence-corrected chi connectivity index (χ1v) is 8.10. The number of nitrogens with one attached hydrogen (secondary N) is 1. The molecule has 23 heavy (non-hydrogen) atoms. The molecule has 5 nitrogen and oxygen atoms in total. The SMILES string of the molecule is COc1ccc2cc(C(=O)NC3CCCCCC3)c(=O)oc2c1. The molecule has 1 N–H and O–H groups in total. The number of ether oxygens (including phenoxy) is 1. The molecular weight excluding hydrogens is 294 g/mol. The zero-order valence-corrected chi connectivity index (χ0v) is 13.3. The van der Waals surface area contributed by atoms with Crippen molar-refractivity contribution in [2.75, 3.05) is 7.11 Å². The number of fused-ring (bicyclic) bond motifs is 1. The van der Waals surface area contributed by atoms with Crippen LogP contribution in [-0.4, -0.2) is 19.1 Å². The van der Waals surface area contributed by atoms with Crippen LogP contribution >= 0.6 is 0 Å². The molecule has 0 aliphatic heterocycles. The summed E-state index contributed by atoms with van der Waals surface area (Å²) in [6.45, 7) is 0. The summed E-state index contributed by atoms with van der Waals surface area (Å²) in [6, 6.07) is 6.93. The topological polar surface area (TPSA) is 68.5 Å². The Labute approximate surface area is 134 Å². The number of hydrogen-bond acceptors (Lipinski definition) is 4. The first kappa shape index (κ1) is 15.6. The van der Waals surface area contributed by atoms with Gasteiger partial charge in [0.2, 0.25) is 0 Å². The fraction of sp³-hybridized carbons (Fsp3) is 0.444. The molecule has 1 saturated carbocycles. The minimum atomic E-state index is -0.614. The number of benzene rings is 1. The van der Waals surface area contributed by atoms with Gasteiger partial charge in [-0.2, -0.15) is 0 Å². The van der Waals surface area contributed by atoms with Crippen LogP contribution in [0.25, 0.3) is 11.0 Å². The Balaban J connectivity index is 1.85. The van der Waals surface area contributed by atoms with Crippen molar-refractivity contribution in [3.8, 4) is 5.75 Å². The highest BCUT2D eigenvalue weighted by Gasteiger charge is 2.19. The van der Waals surface area contributed by atoms with E-state index in [1.54, 1.807) is 31.4 Å². The molecule has 3 rings (SSSR count). The van der Waals surface area contributed by atoms with Crippen LogP contribution < -0.4 is 15.7 Å². The maximum Gasteiger partial charge on any atom is 0.349 e. The van der Waals surface area contributed by atoms with Crippen LogP contribution in [0.15, 0.2) is 33.5 Å². The molecule has 1 aliphatic rings. The van der Waals surface area contributed by atoms with Gasteiger partial charge in [-0.3, -0.25) is 4.79 Å². The van der Waals surface area contributed by atoms with Crippen molar-refractivity contribution in [3.05, 3.63) is 40.2 Å². The maximum atomic E-state index is 12.4. The standard InChI is InChI=1S/C18H21NO4/c1-22-14-9-8-12-10-15(18(21)23-16(12)11-14)17(20)19-13-6-4-2-3-5-7-13/h8-11,13H,2-7H2,1H3,(H,19,20). The quantitative estimate of drug-likeness (QED) is 0.697. The first-order chi connectivity index (χ1) is 11.2. The van der Waals surface area contributed by atoms with Crippen molar-refractivity contribution in [2.24, 2.45) is 0 Å². The molecule has 0 atom stereocenters. The van der Waals surface area contributed by atoms with E-state index in [2.05, 4.69) is 5.32 Å². The van der Waals surface area contributed by atoms with Gasteiger partial charge >= 0.3 is 5.63 Å². The largest absolute Gasteiger partial charge is 0.497 e. The molecule has 122 valence electrons. The summed E-state index contributed by atoms with van der Waals surface area (Å²) in [6.07, 6.45) is 6.62. The molecule has 5 heteroatoms. The van der Waals surface area contributed by atoms with Crippen molar-refractivity contribution < 1.29 is 13.9 Å². The Kier molecular flexibility index (Phi) is 4.65. The van der Waals surface area contributed by atoms with Gasteiger partial charge in [-0.25, -0.2) is 4.79 Å². The van der Waals surface area contributed by atoms with Crippen molar-refractivity contribution >= 4 is 16.9 Å². The van der Waals surface area contributed by atoms with E-state index in [9.17, 15) is 9.59 Å². The van der Waals surface area contributed by atoms with E-state index in [4.69, 9.17) is 9.15 Å². The minimum absolute atomic E-state index is 0.0620. The van der Waals surface area contributed by atoms with Gasteiger partial charge < -0.3 is 14.5 Å². The van der Waals surface area contributed by atoms with Gasteiger partial charge in [0, 0.05) is 17.5 Å². The van der Waals surface area contributed by atoms with Crippen LogP contribution in [0, 0.1) is 0 Å². The Morgan fingerprint density at radius 3 is 2.61 bits per heavy atom. The third kappa shape index (κ3) is 3.55. The van der Waals surface area contributed by atoms with E-state index >= 15 is 0 Å². The molecule has 1 fully saturated rings. The van der Waals surface area contributed by atoms with E-state index in [0.29, 0.717) is 16.7 Å². The fourth-order valence-corrected chi connectivity index (χ4v) is 3.06. The van der Waals surface area contributed by atoms with Gasteiger partial charge in [0.25, 0.3) is 5.91 Å². The molecule has 0 unspecified atom stereocenters. The third-order valence-corrected chi connectivity index (χ3v) is 4.38. The van der Waals surface area contributed by atoms with E-state index in [1.165, 1.54) is 12.8 Å². The van der Waals surface area contributed by atoms with Crippen molar-refractivity contribution in [2.45, 2.75) is 44.6 Å². The van der Waals surface area contributed by atoms with Crippen LogP contribution in [0.2, 0.25) is 0 Å². The average molecular weight is 315 g/mol. The smallest absolute Gasteiger partial charge is 0.349 e. The van der Waals surface area contributed by atoms with Crippen LogP contribution in [-0.2, 0) is 0 Å². The Bertz CT molecular complexity index is 757. The summed E-state index contributed by atoms with van der Waals surface area (Å²) in [5.41, 5.74) is -0.135. The van der Waals surface area contributed by atoms with E-state index in [0.717, 1.165) is 25.7 Å². The van der Waals surface area contributed by atoms with E-state index in [-0.39, 0.29) is 17.5 Å². The van der Waals surface area contributed by atoms with Gasteiger partial charge in [-0.05, 0) is 31.0 Å². The second-order valence-electron chi connectivity index (χ2n) is 6.01. The summed E-state index contributed by atoms with van der Waals surface area (Å²) < 4.78 is 10.4. The summed E-state index contributed by atoms with van der Waals surface area (Å²) in [5, 5.41) is 3.68. The lowest BCUT2D eigenvalue weighted by molar-refractivity contribution is 0.0930. The molecule has 0 saturated heterocycles. The van der Waals surface area contributed by atoms with Crippen LogP contribution in [0.4, 0.5) is 0 Å². The Morgan fingerprint density at radius 1 is 1.17 bits per heavy atom. The highest BCUT2D eigenvalue weighted by Crippen LogP contribution is 2.21. The van der Waals surface area contributed by atoms with Crippen LogP contribution in [0.5, 0.6) is 5.75 Å². The third-order valence-electron chi connectivity index (χ3n) is 4.38. The number of methoxy groups -OCH3 is 1. The molecule has 0 bridgehead atoms. The predicted octanol–water partition coefficient (Wildman–Crippen LogP) is 3.25. The van der Waals surface area contributed by atoms with E-state index < -0.39 is 5.63 Å². The monoisotopic (exact) mass is 315 g/mol. The minimum Gasteiger partial charge on any atom is -0.497 e. The summed E-state index contributed by atoms with van der Waals surface area (Å²) >= 11 is 0. The van der Waals surface area contributed by atoms with Crippen molar-refractivity contribution in [1.29, 1.82) is 0 Å². The average Bonchev–Trinajstić information content (AvgIpc) is 2.82. The number of carbonyl (C=O) groups excluding carboxylic acids is 1. The number of amides is 1. The zero-order valence-electron chi connectivity index (χ0n) is 13.3. The molecule has 1 aromatic carbocycles. The van der Waals surface area contributed by atoms with Gasteiger partial charge in [-0.1, -0.05) is 25.7 Å². The molecule has 1 aromatic heterocycles. The number of carbonyl (C=O) groups is 1. The lowest BCUT2D eigenvalue weighted by Crippen LogP contribution is -2.36. The summed E-state index contributed by atoms with van der Waals surface area (Å²) in [7, 11) is 1.55. The van der Waals surface area contributed by atoms with Crippen LogP contribution in [0.1, 0.15) is 48.9 Å². The zero-order chi connectivity index (χ0) is 16.2. The molecule has 1 aliphatic carbocycles. The highest BCUT2D eigenvalue weighted by molar-refractivity contribution is 5.96. The molecule has 1 amide bonds.